The third kappa shape index (κ3) is 6.10. The molecule has 2 aliphatic heterocycles. The molecule has 0 saturated carbocycles. The van der Waals surface area contributed by atoms with Gasteiger partial charge in [0.2, 0.25) is 20.0 Å². The molecular formula is C34H32Cl2N2O5S2. The molecule has 2 heterocycles. The molecule has 2 fully saturated rings. The minimum absolute atomic E-state index is 0.0508. The van der Waals surface area contributed by atoms with E-state index in [-0.39, 0.29) is 35.0 Å². The number of benzene rings is 4. The van der Waals surface area contributed by atoms with Gasteiger partial charge in [-0.2, -0.15) is 8.61 Å². The van der Waals surface area contributed by atoms with Crippen LogP contribution in [0.1, 0.15) is 47.2 Å². The van der Waals surface area contributed by atoms with E-state index in [1.165, 1.54) is 32.9 Å². The Morgan fingerprint density at radius 2 is 1.07 bits per heavy atom. The molecule has 4 aromatic rings. The van der Waals surface area contributed by atoms with Gasteiger partial charge in [-0.3, -0.25) is 4.79 Å². The lowest BCUT2D eigenvalue weighted by atomic mass is 9.77. The van der Waals surface area contributed by atoms with Crippen molar-refractivity contribution in [3.63, 3.8) is 0 Å². The number of carbonyl (C=O) groups excluding carboxylic acids is 1. The Hall–Kier alpha value is -3.05. The van der Waals surface area contributed by atoms with Crippen LogP contribution in [0.3, 0.4) is 0 Å². The van der Waals surface area contributed by atoms with Gasteiger partial charge in [0.25, 0.3) is 0 Å². The van der Waals surface area contributed by atoms with Gasteiger partial charge < -0.3 is 0 Å². The molecule has 7 nitrogen and oxygen atoms in total. The number of aryl methyl sites for hydroxylation is 2. The Kier molecular flexibility index (Phi) is 8.71. The van der Waals surface area contributed by atoms with E-state index >= 15 is 0 Å². The molecule has 4 atom stereocenters. The maximum absolute atomic E-state index is 14.6. The molecule has 11 heteroatoms. The predicted octanol–water partition coefficient (Wildman–Crippen LogP) is 7.14. The second-order valence-electron chi connectivity index (χ2n) is 11.8. The number of piperidine rings is 2. The summed E-state index contributed by atoms with van der Waals surface area (Å²) in [6.45, 7) is 3.65. The first kappa shape index (κ1) is 31.9. The first-order chi connectivity index (χ1) is 21.4. The van der Waals surface area contributed by atoms with Gasteiger partial charge in [0.15, 0.2) is 0 Å². The number of rotatable bonds is 6. The van der Waals surface area contributed by atoms with Crippen molar-refractivity contribution >= 4 is 49.0 Å². The van der Waals surface area contributed by atoms with Crippen LogP contribution in [0.25, 0.3) is 0 Å². The monoisotopic (exact) mass is 682 g/mol. The number of nitrogens with zero attached hydrogens (tertiary/aromatic N) is 2. The summed E-state index contributed by atoms with van der Waals surface area (Å²) in [7, 11) is -8.24. The minimum atomic E-state index is -4.17. The average Bonchev–Trinajstić information content (AvgIpc) is 3.01. The molecule has 0 radical (unpaired) electrons. The highest BCUT2D eigenvalue weighted by Crippen LogP contribution is 2.48. The van der Waals surface area contributed by atoms with Gasteiger partial charge in [-0.1, -0.05) is 82.9 Å². The SMILES string of the molecule is Cc1ccc(C2CC(=O)[C@@H]3CN(S(=O)(=O)c4ccc(C)cc4)C(c4ccc(Cl)cc4)C[C@@H]3N2S(=O)(=O)c2ccc(Cl)cc2)cc1. The van der Waals surface area contributed by atoms with Crippen molar-refractivity contribution < 1.29 is 21.6 Å². The van der Waals surface area contributed by atoms with Crippen LogP contribution in [0, 0.1) is 19.8 Å². The lowest BCUT2D eigenvalue weighted by molar-refractivity contribution is -0.132. The average molecular weight is 684 g/mol. The van der Waals surface area contributed by atoms with Gasteiger partial charge in [-0.15, -0.1) is 0 Å². The zero-order valence-corrected chi connectivity index (χ0v) is 27.8. The molecule has 234 valence electrons. The molecule has 45 heavy (non-hydrogen) atoms. The van der Waals surface area contributed by atoms with Crippen LogP contribution in [0.2, 0.25) is 10.0 Å². The lowest BCUT2D eigenvalue weighted by Crippen LogP contribution is -2.60. The fraction of sp³-hybridized carbons (Fsp3) is 0.265. The molecule has 6 rings (SSSR count). The highest BCUT2D eigenvalue weighted by Gasteiger charge is 2.54. The second-order valence-corrected chi connectivity index (χ2v) is 16.4. The van der Waals surface area contributed by atoms with E-state index in [9.17, 15) is 21.6 Å². The number of carbonyl (C=O) groups is 1. The molecule has 2 unspecified atom stereocenters. The summed E-state index contributed by atoms with van der Waals surface area (Å²) in [6.07, 6.45) is -0.0145. The molecule has 4 aromatic carbocycles. The Morgan fingerprint density at radius 1 is 0.622 bits per heavy atom. The molecule has 0 aliphatic carbocycles. The van der Waals surface area contributed by atoms with Crippen molar-refractivity contribution in [1.29, 1.82) is 0 Å². The van der Waals surface area contributed by atoms with Crippen LogP contribution >= 0.6 is 23.2 Å². The van der Waals surface area contributed by atoms with E-state index in [4.69, 9.17) is 23.2 Å². The molecule has 2 aliphatic rings. The molecule has 0 N–H and O–H groups in total. The molecular weight excluding hydrogens is 651 g/mol. The quantitative estimate of drug-likeness (QED) is 0.216. The smallest absolute Gasteiger partial charge is 0.243 e. The standard InChI is InChI=1S/C34H32Cl2N2O5S2/c1-22-3-7-25(8-4-22)32-20-34(39)30-21-37(44(40,41)28-15-5-23(2)6-16-28)31(24-9-11-26(35)12-10-24)19-33(30)38(32)45(42,43)29-17-13-27(36)14-18-29/h3-18,30-33H,19-21H2,1-2H3/t30-,31?,32?,33+/m1/s1. The lowest BCUT2D eigenvalue weighted by Gasteiger charge is -2.51. The van der Waals surface area contributed by atoms with Crippen molar-refractivity contribution in [2.24, 2.45) is 5.92 Å². The summed E-state index contributed by atoms with van der Waals surface area (Å²) in [5.74, 6) is -1.05. The van der Waals surface area contributed by atoms with Crippen molar-refractivity contribution in [3.8, 4) is 0 Å². The van der Waals surface area contributed by atoms with Gasteiger partial charge in [0, 0.05) is 35.0 Å². The van der Waals surface area contributed by atoms with Crippen LogP contribution < -0.4 is 0 Å². The summed E-state index contributed by atoms with van der Waals surface area (Å²) in [5, 5.41) is 0.882. The first-order valence-corrected chi connectivity index (χ1v) is 18.2. The van der Waals surface area contributed by atoms with Crippen LogP contribution in [0.4, 0.5) is 0 Å². The highest BCUT2D eigenvalue weighted by molar-refractivity contribution is 7.89. The number of hydrogen-bond donors (Lipinski definition) is 0. The van der Waals surface area contributed by atoms with E-state index in [0.717, 1.165) is 11.1 Å². The summed E-state index contributed by atoms with van der Waals surface area (Å²) in [4.78, 5) is 14.2. The predicted molar refractivity (Wildman–Crippen MR) is 175 cm³/mol. The van der Waals surface area contributed by atoms with Gasteiger partial charge in [0.05, 0.1) is 21.9 Å². The molecule has 0 aromatic heterocycles. The van der Waals surface area contributed by atoms with Crippen molar-refractivity contribution in [3.05, 3.63) is 129 Å². The Labute approximate surface area is 274 Å². The maximum Gasteiger partial charge on any atom is 0.243 e. The molecule has 2 saturated heterocycles. The van der Waals surface area contributed by atoms with E-state index in [1.54, 1.807) is 48.5 Å². The Bertz CT molecular complexity index is 1930. The number of ketones is 1. The number of Topliss-reactive ketones (excluding diaryl/α,β-unsaturated/α-hetero) is 1. The van der Waals surface area contributed by atoms with Crippen LogP contribution in [0.5, 0.6) is 0 Å². The molecule has 0 spiro atoms. The fourth-order valence-corrected chi connectivity index (χ4v) is 10.2. The Morgan fingerprint density at radius 3 is 1.64 bits per heavy atom. The number of hydrogen-bond acceptors (Lipinski definition) is 5. The first-order valence-electron chi connectivity index (χ1n) is 14.6. The number of sulfonamides is 2. The van der Waals surface area contributed by atoms with E-state index in [1.807, 2.05) is 38.1 Å². The summed E-state index contributed by atoms with van der Waals surface area (Å²) < 4.78 is 60.4. The van der Waals surface area contributed by atoms with Crippen LogP contribution in [-0.2, 0) is 24.8 Å². The van der Waals surface area contributed by atoms with Crippen molar-refractivity contribution in [2.75, 3.05) is 6.54 Å². The highest BCUT2D eigenvalue weighted by atomic mass is 35.5. The minimum Gasteiger partial charge on any atom is -0.299 e. The summed E-state index contributed by atoms with van der Waals surface area (Å²) >= 11 is 12.3. The van der Waals surface area contributed by atoms with Crippen molar-refractivity contribution in [2.45, 2.75) is 54.6 Å². The topological polar surface area (TPSA) is 91.8 Å². The fourth-order valence-electron chi connectivity index (χ4n) is 6.44. The van der Waals surface area contributed by atoms with Gasteiger partial charge >= 0.3 is 0 Å². The van der Waals surface area contributed by atoms with Gasteiger partial charge in [0.1, 0.15) is 5.78 Å². The number of fused-ring (bicyclic) bond motifs is 1. The zero-order valence-electron chi connectivity index (χ0n) is 24.7. The second kappa shape index (κ2) is 12.3. The van der Waals surface area contributed by atoms with Crippen LogP contribution in [-0.4, -0.2) is 43.8 Å². The molecule has 0 amide bonds. The van der Waals surface area contributed by atoms with E-state index in [2.05, 4.69) is 0 Å². The van der Waals surface area contributed by atoms with E-state index in [0.29, 0.717) is 21.2 Å². The Balaban J connectivity index is 1.51. The number of halogens is 2. The maximum atomic E-state index is 14.6. The largest absolute Gasteiger partial charge is 0.299 e. The summed E-state index contributed by atoms with van der Waals surface area (Å²) in [6, 6.07) is 24.6. The summed E-state index contributed by atoms with van der Waals surface area (Å²) in [5.41, 5.74) is 3.27. The third-order valence-electron chi connectivity index (χ3n) is 8.83. The van der Waals surface area contributed by atoms with E-state index < -0.39 is 44.1 Å². The van der Waals surface area contributed by atoms with Crippen LogP contribution in [0.15, 0.2) is 107 Å². The normalized spacial score (nSPS) is 23.1. The molecule has 0 bridgehead atoms. The van der Waals surface area contributed by atoms with Gasteiger partial charge in [-0.25, -0.2) is 16.8 Å². The van der Waals surface area contributed by atoms with Crippen molar-refractivity contribution in [1.82, 2.24) is 8.61 Å². The zero-order chi connectivity index (χ0) is 32.1. The third-order valence-corrected chi connectivity index (χ3v) is 13.2. The van der Waals surface area contributed by atoms with Gasteiger partial charge in [-0.05, 0) is 79.9 Å².